The summed E-state index contributed by atoms with van der Waals surface area (Å²) in [6.45, 7) is 2.18. The van der Waals surface area contributed by atoms with Gasteiger partial charge >= 0.3 is 0 Å². The predicted octanol–water partition coefficient (Wildman–Crippen LogP) is 3.31. The van der Waals surface area contributed by atoms with Gasteiger partial charge in [0.05, 0.1) is 20.8 Å². The van der Waals surface area contributed by atoms with Crippen LogP contribution in [0.25, 0.3) is 11.4 Å². The third-order valence-corrected chi connectivity index (χ3v) is 4.33. The van der Waals surface area contributed by atoms with Crippen LogP contribution in [0.5, 0.6) is 11.5 Å². The third-order valence-electron chi connectivity index (χ3n) is 4.33. The molecule has 0 spiro atoms. The maximum atomic E-state index is 12.1. The van der Waals surface area contributed by atoms with E-state index in [0.29, 0.717) is 30.3 Å². The van der Waals surface area contributed by atoms with Gasteiger partial charge in [-0.2, -0.15) is 4.98 Å². The lowest BCUT2D eigenvalue weighted by Crippen LogP contribution is -2.23. The molecule has 1 aromatic heterocycles. The number of carbonyl (C=O) groups excluding carboxylic acids is 1. The van der Waals surface area contributed by atoms with Gasteiger partial charge in [0.2, 0.25) is 17.6 Å². The molecule has 28 heavy (non-hydrogen) atoms. The molecule has 7 heteroatoms. The normalized spacial score (nSPS) is 10.5. The Balaban J connectivity index is 1.51. The van der Waals surface area contributed by atoms with Gasteiger partial charge in [0.25, 0.3) is 0 Å². The van der Waals surface area contributed by atoms with E-state index in [-0.39, 0.29) is 12.5 Å². The molecule has 0 bridgehead atoms. The lowest BCUT2D eigenvalue weighted by Gasteiger charge is -2.07. The van der Waals surface area contributed by atoms with Crippen molar-refractivity contribution in [1.82, 2.24) is 15.5 Å². The maximum Gasteiger partial charge on any atom is 0.246 e. The van der Waals surface area contributed by atoms with E-state index in [0.717, 1.165) is 22.4 Å². The average Bonchev–Trinajstić information content (AvgIpc) is 3.20. The fraction of sp³-hybridized carbons (Fsp3) is 0.286. The number of methoxy groups -OCH3 is 2. The molecule has 0 unspecified atom stereocenters. The molecule has 0 radical (unpaired) electrons. The molecule has 1 amide bonds. The highest BCUT2D eigenvalue weighted by molar-refractivity contribution is 5.76. The van der Waals surface area contributed by atoms with Crippen LogP contribution in [-0.4, -0.2) is 30.3 Å². The van der Waals surface area contributed by atoms with E-state index in [1.54, 1.807) is 14.2 Å². The number of ether oxygens (including phenoxy) is 2. The summed E-state index contributed by atoms with van der Waals surface area (Å²) in [5.74, 6) is 2.29. The highest BCUT2D eigenvalue weighted by Gasteiger charge is 2.11. The number of nitrogens with zero attached hydrogens (tertiary/aromatic N) is 2. The SMILES string of the molecule is COc1cccc(-c2noc(CNC(=O)CCc3ccc(OC)c(C)c3)n2)c1. The molecule has 3 aromatic rings. The molecule has 3 rings (SSSR count). The Morgan fingerprint density at radius 1 is 1.14 bits per heavy atom. The largest absolute Gasteiger partial charge is 0.497 e. The van der Waals surface area contributed by atoms with Gasteiger partial charge in [-0.25, -0.2) is 0 Å². The molecule has 0 fully saturated rings. The monoisotopic (exact) mass is 381 g/mol. The van der Waals surface area contributed by atoms with Crippen molar-refractivity contribution in [2.75, 3.05) is 14.2 Å². The average molecular weight is 381 g/mol. The molecular weight excluding hydrogens is 358 g/mol. The van der Waals surface area contributed by atoms with E-state index < -0.39 is 0 Å². The fourth-order valence-electron chi connectivity index (χ4n) is 2.82. The minimum Gasteiger partial charge on any atom is -0.497 e. The zero-order valence-corrected chi connectivity index (χ0v) is 16.2. The van der Waals surface area contributed by atoms with Crippen LogP contribution in [0.2, 0.25) is 0 Å². The van der Waals surface area contributed by atoms with Crippen molar-refractivity contribution in [3.05, 3.63) is 59.5 Å². The number of hydrogen-bond acceptors (Lipinski definition) is 6. The van der Waals surface area contributed by atoms with Gasteiger partial charge in [0.1, 0.15) is 11.5 Å². The first-order valence-corrected chi connectivity index (χ1v) is 8.96. The zero-order valence-electron chi connectivity index (χ0n) is 16.2. The van der Waals surface area contributed by atoms with Crippen molar-refractivity contribution in [2.24, 2.45) is 0 Å². The number of carbonyl (C=O) groups is 1. The lowest BCUT2D eigenvalue weighted by molar-refractivity contribution is -0.121. The Labute approximate surface area is 163 Å². The van der Waals surface area contributed by atoms with E-state index in [4.69, 9.17) is 14.0 Å². The second-order valence-corrected chi connectivity index (χ2v) is 6.32. The van der Waals surface area contributed by atoms with E-state index >= 15 is 0 Å². The molecule has 0 aliphatic heterocycles. The van der Waals surface area contributed by atoms with Crippen molar-refractivity contribution < 1.29 is 18.8 Å². The standard InChI is InChI=1S/C21H23N3O4/c1-14-11-15(7-9-18(14)27-3)8-10-19(25)22-13-20-23-21(24-28-20)16-5-4-6-17(12-16)26-2/h4-7,9,11-12H,8,10,13H2,1-3H3,(H,22,25). The van der Waals surface area contributed by atoms with Gasteiger partial charge in [0, 0.05) is 12.0 Å². The first kappa shape index (κ1) is 19.4. The van der Waals surface area contributed by atoms with Crippen molar-refractivity contribution in [3.63, 3.8) is 0 Å². The molecule has 0 atom stereocenters. The van der Waals surface area contributed by atoms with Crippen LogP contribution in [-0.2, 0) is 17.8 Å². The second kappa shape index (κ2) is 9.03. The summed E-state index contributed by atoms with van der Waals surface area (Å²) in [6.07, 6.45) is 1.03. The quantitative estimate of drug-likeness (QED) is 0.644. The molecule has 2 aromatic carbocycles. The highest BCUT2D eigenvalue weighted by atomic mass is 16.5. The van der Waals surface area contributed by atoms with E-state index in [9.17, 15) is 4.79 Å². The van der Waals surface area contributed by atoms with Crippen LogP contribution in [0, 0.1) is 6.92 Å². The number of rotatable bonds is 8. The Hall–Kier alpha value is -3.35. The highest BCUT2D eigenvalue weighted by Crippen LogP contribution is 2.21. The smallest absolute Gasteiger partial charge is 0.246 e. The van der Waals surface area contributed by atoms with Gasteiger partial charge in [0.15, 0.2) is 0 Å². The minimum absolute atomic E-state index is 0.0744. The van der Waals surface area contributed by atoms with Crippen LogP contribution >= 0.6 is 0 Å². The van der Waals surface area contributed by atoms with Crippen LogP contribution in [0.4, 0.5) is 0 Å². The van der Waals surface area contributed by atoms with E-state index in [2.05, 4.69) is 15.5 Å². The lowest BCUT2D eigenvalue weighted by atomic mass is 10.1. The van der Waals surface area contributed by atoms with E-state index in [1.807, 2.05) is 49.4 Å². The summed E-state index contributed by atoms with van der Waals surface area (Å²) in [5.41, 5.74) is 2.93. The minimum atomic E-state index is -0.0744. The fourth-order valence-corrected chi connectivity index (χ4v) is 2.82. The first-order chi connectivity index (χ1) is 13.6. The summed E-state index contributed by atoms with van der Waals surface area (Å²) in [5, 5.41) is 6.76. The summed E-state index contributed by atoms with van der Waals surface area (Å²) >= 11 is 0. The third kappa shape index (κ3) is 4.88. The first-order valence-electron chi connectivity index (χ1n) is 8.96. The predicted molar refractivity (Wildman–Crippen MR) is 104 cm³/mol. The van der Waals surface area contributed by atoms with Crippen molar-refractivity contribution in [3.8, 4) is 22.9 Å². The van der Waals surface area contributed by atoms with Gasteiger partial charge in [-0.1, -0.05) is 29.4 Å². The van der Waals surface area contributed by atoms with Gasteiger partial charge < -0.3 is 19.3 Å². The second-order valence-electron chi connectivity index (χ2n) is 6.32. The van der Waals surface area contributed by atoms with Crippen LogP contribution in [0.15, 0.2) is 47.0 Å². The molecule has 0 aliphatic carbocycles. The number of aryl methyl sites for hydroxylation is 2. The summed E-state index contributed by atoms with van der Waals surface area (Å²) in [4.78, 5) is 16.4. The molecule has 0 saturated heterocycles. The topological polar surface area (TPSA) is 86.5 Å². The van der Waals surface area contributed by atoms with Crippen molar-refractivity contribution in [1.29, 1.82) is 0 Å². The Kier molecular flexibility index (Phi) is 6.26. The molecule has 1 heterocycles. The Bertz CT molecular complexity index is 952. The van der Waals surface area contributed by atoms with Crippen molar-refractivity contribution in [2.45, 2.75) is 26.3 Å². The van der Waals surface area contributed by atoms with Crippen LogP contribution < -0.4 is 14.8 Å². The number of aromatic nitrogens is 2. The Morgan fingerprint density at radius 2 is 2.00 bits per heavy atom. The summed E-state index contributed by atoms with van der Waals surface area (Å²) in [6, 6.07) is 13.3. The molecule has 1 N–H and O–H groups in total. The molecular formula is C21H23N3O4. The molecule has 7 nitrogen and oxygen atoms in total. The van der Waals surface area contributed by atoms with Crippen molar-refractivity contribution >= 4 is 5.91 Å². The number of hydrogen-bond donors (Lipinski definition) is 1. The number of amides is 1. The Morgan fingerprint density at radius 3 is 2.75 bits per heavy atom. The maximum absolute atomic E-state index is 12.1. The molecule has 0 aliphatic rings. The van der Waals surface area contributed by atoms with Gasteiger partial charge in [-0.05, 0) is 42.7 Å². The summed E-state index contributed by atoms with van der Waals surface area (Å²) < 4.78 is 15.7. The molecule has 146 valence electrons. The van der Waals surface area contributed by atoms with Crippen LogP contribution in [0.1, 0.15) is 23.4 Å². The summed E-state index contributed by atoms with van der Waals surface area (Å²) in [7, 11) is 3.25. The van der Waals surface area contributed by atoms with Gasteiger partial charge in [-0.15, -0.1) is 0 Å². The zero-order chi connectivity index (χ0) is 19.9. The van der Waals surface area contributed by atoms with Gasteiger partial charge in [-0.3, -0.25) is 4.79 Å². The number of benzene rings is 2. The molecule has 0 saturated carbocycles. The van der Waals surface area contributed by atoms with Crippen LogP contribution in [0.3, 0.4) is 0 Å². The number of nitrogens with one attached hydrogen (secondary N) is 1. The van der Waals surface area contributed by atoms with E-state index in [1.165, 1.54) is 0 Å².